The average molecular weight is 859 g/mol. The zero-order valence-corrected chi connectivity index (χ0v) is 37.2. The van der Waals surface area contributed by atoms with Crippen LogP contribution in [-0.2, 0) is 23.8 Å². The molecule has 0 radical (unpaired) electrons. The normalized spacial score (nSPS) is 33.8. The number of allylic oxidation sites excluding steroid dienone is 2. The summed E-state index contributed by atoms with van der Waals surface area (Å²) in [6.07, 6.45) is 9.87. The van der Waals surface area contributed by atoms with Gasteiger partial charge in [0.05, 0.1) is 40.9 Å². The lowest BCUT2D eigenvalue weighted by Crippen LogP contribution is -2.46. The van der Waals surface area contributed by atoms with E-state index in [1.54, 1.807) is 65.8 Å². The topological polar surface area (TPSA) is 209 Å². The molecule has 336 valence electrons. The fourth-order valence-electron chi connectivity index (χ4n) is 10.1. The summed E-state index contributed by atoms with van der Waals surface area (Å²) in [5.41, 5.74) is -0.519. The van der Waals surface area contributed by atoms with E-state index in [0.717, 1.165) is 25.9 Å². The summed E-state index contributed by atoms with van der Waals surface area (Å²) in [6.45, 7) is 14.4. The summed E-state index contributed by atoms with van der Waals surface area (Å²) in [5, 5.41) is 50.4. The van der Waals surface area contributed by atoms with Gasteiger partial charge in [-0.15, -0.1) is 0 Å². The number of carbonyl (C=O) groups is 3. The van der Waals surface area contributed by atoms with E-state index in [0.29, 0.717) is 18.9 Å². The van der Waals surface area contributed by atoms with Gasteiger partial charge < -0.3 is 49.6 Å². The minimum atomic E-state index is -1.95. The number of rotatable bonds is 3. The van der Waals surface area contributed by atoms with Gasteiger partial charge in [-0.05, 0) is 32.8 Å². The smallest absolute Gasteiger partial charge is 0.312 e. The van der Waals surface area contributed by atoms with Gasteiger partial charge in [-0.25, -0.2) is 0 Å². The number of phenolic OH excluding ortho intramolecular Hbond substituents is 2. The number of esters is 1. The number of nitrogens with one attached hydrogen (secondary N) is 1. The van der Waals surface area contributed by atoms with Crippen molar-refractivity contribution in [1.82, 2.24) is 4.90 Å². The van der Waals surface area contributed by atoms with Crippen LogP contribution in [0.3, 0.4) is 0 Å². The molecule has 15 nitrogen and oxygen atoms in total. The molecule has 1 amide bonds. The van der Waals surface area contributed by atoms with Gasteiger partial charge in [-0.2, -0.15) is 0 Å². The first-order chi connectivity index (χ1) is 29.3. The molecule has 1 aliphatic carbocycles. The number of likely N-dealkylation sites (tertiary alicyclic amines) is 1. The standard InChI is InChI=1S/C47H62N4O11/c1-23-13-12-14-24(2)45(58)48-37-36-35(49-47(50-36)18-20-51(21-19-47)30-15-10-11-16-30)32-33(41(37)56)40(55)28(6)43-34(32)44(57)46(8,62-43)60-22-17-31(59-9)25(3)42(61-29(7)52)27(5)39(54)26(4)38(23)53/h12-14,17,22-23,25-27,30-31,38-39,42,53-56H,10-11,15-16,18-21H2,1-9H3,(H,48,58)/b13-12+,22-17+,24-14-/t23-,25+,26+,27+,31-,38-,39+,42+,46-/m0/s1. The van der Waals surface area contributed by atoms with Gasteiger partial charge in [0.2, 0.25) is 0 Å². The number of piperidine rings is 1. The van der Waals surface area contributed by atoms with Crippen molar-refractivity contribution >= 4 is 34.1 Å². The Morgan fingerprint density at radius 2 is 1.58 bits per heavy atom. The van der Waals surface area contributed by atoms with Gasteiger partial charge in [0.15, 0.2) is 11.4 Å². The molecule has 4 aliphatic heterocycles. The molecule has 0 aromatic heterocycles. The molecular weight excluding hydrogens is 797 g/mol. The maximum Gasteiger partial charge on any atom is 0.312 e. The van der Waals surface area contributed by atoms with Crippen molar-refractivity contribution in [3.8, 4) is 17.2 Å². The monoisotopic (exact) mass is 858 g/mol. The number of ketones is 1. The molecule has 1 saturated carbocycles. The van der Waals surface area contributed by atoms with Crippen LogP contribution in [-0.4, -0.2) is 105 Å². The molecule has 0 unspecified atom stereocenters. The van der Waals surface area contributed by atoms with E-state index < -0.39 is 82.9 Å². The van der Waals surface area contributed by atoms with Crippen LogP contribution in [0, 0.1) is 30.6 Å². The van der Waals surface area contributed by atoms with Crippen LogP contribution in [0.15, 0.2) is 46.1 Å². The first kappa shape index (κ1) is 45.2. The fraction of sp³-hybridized carbons (Fsp3) is 0.596. The lowest BCUT2D eigenvalue weighted by Gasteiger charge is -2.38. The Kier molecular flexibility index (Phi) is 12.7. The lowest BCUT2D eigenvalue weighted by atomic mass is 9.78. The Bertz CT molecular complexity index is 2340. The van der Waals surface area contributed by atoms with Crippen LogP contribution in [0.1, 0.15) is 103 Å². The summed E-state index contributed by atoms with van der Waals surface area (Å²) in [6, 6.07) is 0.513. The number of anilines is 1. The van der Waals surface area contributed by atoms with Crippen molar-refractivity contribution in [2.24, 2.45) is 33.7 Å². The number of carbonyl (C=O) groups excluding carboxylic acids is 3. The third kappa shape index (κ3) is 8.01. The highest BCUT2D eigenvalue weighted by atomic mass is 16.7. The van der Waals surface area contributed by atoms with Crippen molar-refractivity contribution in [2.45, 2.75) is 136 Å². The van der Waals surface area contributed by atoms with E-state index >= 15 is 0 Å². The summed E-state index contributed by atoms with van der Waals surface area (Å²) < 4.78 is 24.0. The molecule has 7 rings (SSSR count). The second kappa shape index (κ2) is 17.4. The van der Waals surface area contributed by atoms with Crippen LogP contribution < -0.4 is 20.8 Å². The molecular formula is C47H62N4O11. The predicted molar refractivity (Wildman–Crippen MR) is 230 cm³/mol. The Morgan fingerprint density at radius 1 is 0.919 bits per heavy atom. The van der Waals surface area contributed by atoms with Gasteiger partial charge >= 0.3 is 11.8 Å². The molecule has 2 fully saturated rings. The number of Topliss-reactive ketones (excluding diaryl/α,β-unsaturated/α-hetero) is 1. The summed E-state index contributed by atoms with van der Waals surface area (Å²) in [5.74, 6) is -6.84. The van der Waals surface area contributed by atoms with E-state index in [9.17, 15) is 34.8 Å². The van der Waals surface area contributed by atoms with Crippen LogP contribution in [0.2, 0.25) is 0 Å². The molecule has 2 aromatic rings. The van der Waals surface area contributed by atoms with Crippen molar-refractivity contribution in [2.75, 3.05) is 25.5 Å². The van der Waals surface area contributed by atoms with E-state index in [2.05, 4.69) is 10.2 Å². The lowest BCUT2D eigenvalue weighted by molar-refractivity contribution is -0.160. The van der Waals surface area contributed by atoms with Crippen molar-refractivity contribution < 1.29 is 53.8 Å². The number of benzene rings is 2. The molecule has 1 spiro atoms. The molecule has 5 N–H and O–H groups in total. The third-order valence-electron chi connectivity index (χ3n) is 14.0. The molecule has 15 heteroatoms. The van der Waals surface area contributed by atoms with Crippen LogP contribution in [0.25, 0.3) is 10.8 Å². The molecule has 9 atom stereocenters. The first-order valence-electron chi connectivity index (χ1n) is 21.9. The Balaban J connectivity index is 1.38. The van der Waals surface area contributed by atoms with Crippen LogP contribution >= 0.6 is 0 Å². The number of methoxy groups -OCH3 is 1. The number of amides is 1. The number of nitrogens with zero attached hydrogens (tertiary/aromatic N) is 3. The number of aliphatic hydroxyl groups is 2. The Labute approximate surface area is 362 Å². The van der Waals surface area contributed by atoms with Gasteiger partial charge in [-0.3, -0.25) is 24.4 Å². The largest absolute Gasteiger partial charge is 0.507 e. The highest BCUT2D eigenvalue weighted by Gasteiger charge is 2.50. The van der Waals surface area contributed by atoms with E-state index in [-0.39, 0.29) is 55.4 Å². The zero-order valence-electron chi connectivity index (χ0n) is 37.2. The number of fused-ring (bicyclic) bond motifs is 1. The first-order valence-corrected chi connectivity index (χ1v) is 21.9. The maximum absolute atomic E-state index is 14.8. The highest BCUT2D eigenvalue weighted by Crippen LogP contribution is 2.50. The van der Waals surface area contributed by atoms with Crippen molar-refractivity contribution in [3.05, 3.63) is 58.0 Å². The molecule has 62 heavy (non-hydrogen) atoms. The van der Waals surface area contributed by atoms with Crippen LogP contribution in [0.5, 0.6) is 17.2 Å². The third-order valence-corrected chi connectivity index (χ3v) is 14.0. The minimum Gasteiger partial charge on any atom is -0.507 e. The molecule has 1 saturated heterocycles. The quantitative estimate of drug-likeness (QED) is 0.203. The Morgan fingerprint density at radius 3 is 2.23 bits per heavy atom. The number of ether oxygens (including phenoxy) is 4. The number of hydrogen-bond donors (Lipinski definition) is 5. The SMILES string of the molecule is CO[C@H]1/C=C/O[C@@]2(C)Oc3c(C)c(O)c4c(O)c(c5c(c4c3C2=O)=NC2(CCN(C3CCCC3)CC2)N=5)NC(=O)/C(C)=C\C=C\[C@H](C)[C@H](O)[C@@H](C)[C@@H](O)[C@@H](C)[C@H](OC(C)=O)[C@@H]1C. The highest BCUT2D eigenvalue weighted by molar-refractivity contribution is 6.19. The fourth-order valence-corrected chi connectivity index (χ4v) is 10.1. The average Bonchev–Trinajstić information content (AvgIpc) is 3.98. The number of aromatic hydroxyl groups is 2. The molecule has 4 bridgehead atoms. The van der Waals surface area contributed by atoms with E-state index in [1.165, 1.54) is 40.1 Å². The second-order valence-electron chi connectivity index (χ2n) is 18.2. The van der Waals surface area contributed by atoms with Gasteiger partial charge in [0.25, 0.3) is 11.7 Å². The number of hydrogen-bond acceptors (Lipinski definition) is 14. The zero-order chi connectivity index (χ0) is 45.0. The number of aliphatic hydroxyl groups excluding tert-OH is 2. The van der Waals surface area contributed by atoms with Gasteiger partial charge in [0, 0.05) is 93.1 Å². The minimum absolute atomic E-state index is 0.0435. The summed E-state index contributed by atoms with van der Waals surface area (Å²) in [4.78, 5) is 54.0. The van der Waals surface area contributed by atoms with Crippen LogP contribution in [0.4, 0.5) is 5.69 Å². The Hall–Kier alpha value is -4.83. The molecule has 5 aliphatic rings. The molecule has 4 heterocycles. The maximum atomic E-state index is 14.8. The number of phenols is 2. The summed E-state index contributed by atoms with van der Waals surface area (Å²) in [7, 11) is 1.47. The van der Waals surface area contributed by atoms with E-state index in [1.807, 2.05) is 0 Å². The van der Waals surface area contributed by atoms with Crippen molar-refractivity contribution in [1.29, 1.82) is 0 Å². The van der Waals surface area contributed by atoms with Gasteiger partial charge in [0.1, 0.15) is 28.6 Å². The second-order valence-corrected chi connectivity index (χ2v) is 18.2. The molecule has 2 aromatic carbocycles. The summed E-state index contributed by atoms with van der Waals surface area (Å²) >= 11 is 0. The van der Waals surface area contributed by atoms with Gasteiger partial charge in [-0.1, -0.05) is 58.8 Å². The predicted octanol–water partition coefficient (Wildman–Crippen LogP) is 5.04. The van der Waals surface area contributed by atoms with Crippen molar-refractivity contribution in [3.63, 3.8) is 0 Å². The van der Waals surface area contributed by atoms with E-state index in [4.69, 9.17) is 28.9 Å².